The minimum absolute atomic E-state index is 0.744. The van der Waals surface area contributed by atoms with Crippen LogP contribution in [0.1, 0.15) is 25.7 Å². The Labute approximate surface area is 117 Å². The van der Waals surface area contributed by atoms with Gasteiger partial charge in [0, 0.05) is 31.6 Å². The van der Waals surface area contributed by atoms with Crippen molar-refractivity contribution in [2.24, 2.45) is 5.92 Å². The van der Waals surface area contributed by atoms with Crippen LogP contribution in [0.5, 0.6) is 0 Å². The van der Waals surface area contributed by atoms with Gasteiger partial charge in [0.25, 0.3) is 0 Å². The number of thioether (sulfide) groups is 1. The highest BCUT2D eigenvalue weighted by atomic mass is 32.2. The Morgan fingerprint density at radius 2 is 2.11 bits per heavy atom. The van der Waals surface area contributed by atoms with Gasteiger partial charge in [-0.15, -0.1) is 5.10 Å². The first-order valence-electron chi connectivity index (χ1n) is 7.12. The molecule has 1 N–H and O–H groups in total. The lowest BCUT2D eigenvalue weighted by molar-refractivity contribution is 0.0727. The van der Waals surface area contributed by atoms with Crippen molar-refractivity contribution < 1.29 is 4.74 Å². The van der Waals surface area contributed by atoms with Gasteiger partial charge in [-0.05, 0) is 42.0 Å². The summed E-state index contributed by atoms with van der Waals surface area (Å²) >= 11 is 1.78. The zero-order valence-corrected chi connectivity index (χ0v) is 11.9. The molecule has 7 heteroatoms. The van der Waals surface area contributed by atoms with Crippen LogP contribution in [-0.2, 0) is 11.3 Å². The molecule has 2 heterocycles. The van der Waals surface area contributed by atoms with E-state index in [1.54, 1.807) is 11.8 Å². The molecule has 3 rings (SSSR count). The Hall–Kier alpha value is -0.660. The van der Waals surface area contributed by atoms with Gasteiger partial charge in [-0.1, -0.05) is 11.8 Å². The first-order valence-corrected chi connectivity index (χ1v) is 8.10. The highest BCUT2D eigenvalue weighted by Crippen LogP contribution is 2.24. The maximum atomic E-state index is 5.38. The summed E-state index contributed by atoms with van der Waals surface area (Å²) in [6.07, 6.45) is 4.97. The van der Waals surface area contributed by atoms with Gasteiger partial charge in [-0.3, -0.25) is 0 Å². The summed E-state index contributed by atoms with van der Waals surface area (Å²) in [5.41, 5.74) is 0. The van der Waals surface area contributed by atoms with E-state index in [-0.39, 0.29) is 0 Å². The molecular formula is C12H21N5OS. The summed E-state index contributed by atoms with van der Waals surface area (Å²) in [4.78, 5) is 0. The molecule has 1 saturated heterocycles. The summed E-state index contributed by atoms with van der Waals surface area (Å²) < 4.78 is 7.29. The highest BCUT2D eigenvalue weighted by Gasteiger charge is 2.20. The van der Waals surface area contributed by atoms with Crippen molar-refractivity contribution in [3.05, 3.63) is 0 Å². The molecule has 1 saturated carbocycles. The quantitative estimate of drug-likeness (QED) is 0.752. The molecule has 6 nitrogen and oxygen atoms in total. The molecule has 0 atom stereocenters. The molecule has 19 heavy (non-hydrogen) atoms. The topological polar surface area (TPSA) is 64.9 Å². The first kappa shape index (κ1) is 13.3. The molecule has 0 bridgehead atoms. The van der Waals surface area contributed by atoms with Gasteiger partial charge < -0.3 is 10.1 Å². The van der Waals surface area contributed by atoms with Crippen LogP contribution >= 0.6 is 11.8 Å². The summed E-state index contributed by atoms with van der Waals surface area (Å²) in [7, 11) is 0. The molecule has 1 aromatic heterocycles. The molecule has 1 aromatic rings. The number of tetrazole rings is 1. The third-order valence-corrected chi connectivity index (χ3v) is 4.81. The van der Waals surface area contributed by atoms with Gasteiger partial charge in [0.1, 0.15) is 0 Å². The van der Waals surface area contributed by atoms with Crippen LogP contribution in [0, 0.1) is 5.92 Å². The van der Waals surface area contributed by atoms with Crippen LogP contribution in [0.3, 0.4) is 0 Å². The van der Waals surface area contributed by atoms with Crippen molar-refractivity contribution in [3.63, 3.8) is 0 Å². The fourth-order valence-corrected chi connectivity index (χ4v) is 3.30. The van der Waals surface area contributed by atoms with E-state index in [0.29, 0.717) is 0 Å². The number of nitrogens with one attached hydrogen (secondary N) is 1. The van der Waals surface area contributed by atoms with Crippen molar-refractivity contribution in [1.29, 1.82) is 0 Å². The predicted octanol–water partition coefficient (Wildman–Crippen LogP) is 0.944. The normalized spacial score (nSPS) is 20.8. The van der Waals surface area contributed by atoms with Crippen molar-refractivity contribution in [1.82, 2.24) is 25.5 Å². The molecule has 0 radical (unpaired) electrons. The zero-order valence-electron chi connectivity index (χ0n) is 11.1. The van der Waals surface area contributed by atoms with Crippen LogP contribution in [0.2, 0.25) is 0 Å². The maximum absolute atomic E-state index is 5.38. The lowest BCUT2D eigenvalue weighted by Gasteiger charge is -2.21. The van der Waals surface area contributed by atoms with E-state index in [0.717, 1.165) is 62.0 Å². The Morgan fingerprint density at radius 3 is 2.89 bits per heavy atom. The van der Waals surface area contributed by atoms with Crippen LogP contribution in [0.15, 0.2) is 5.16 Å². The van der Waals surface area contributed by atoms with Gasteiger partial charge in [-0.25, -0.2) is 4.68 Å². The Bertz CT molecular complexity index is 389. The van der Waals surface area contributed by atoms with Crippen LogP contribution in [0.4, 0.5) is 0 Å². The van der Waals surface area contributed by atoms with E-state index >= 15 is 0 Å². The van der Waals surface area contributed by atoms with Crippen LogP contribution in [0.25, 0.3) is 0 Å². The van der Waals surface area contributed by atoms with Gasteiger partial charge in [-0.2, -0.15) is 0 Å². The first-order chi connectivity index (χ1) is 9.42. The lowest BCUT2D eigenvalue weighted by Crippen LogP contribution is -2.23. The average Bonchev–Trinajstić information content (AvgIpc) is 3.16. The molecule has 106 valence electrons. The minimum Gasteiger partial charge on any atom is -0.381 e. The second-order valence-electron chi connectivity index (χ2n) is 5.28. The minimum atomic E-state index is 0.744. The van der Waals surface area contributed by atoms with Gasteiger partial charge in [0.2, 0.25) is 5.16 Å². The Morgan fingerprint density at radius 1 is 1.26 bits per heavy atom. The Kier molecular flexibility index (Phi) is 4.68. The van der Waals surface area contributed by atoms with Crippen molar-refractivity contribution >= 4 is 11.8 Å². The maximum Gasteiger partial charge on any atom is 0.209 e. The number of rotatable bonds is 7. The molecule has 1 aliphatic carbocycles. The second-order valence-corrected chi connectivity index (χ2v) is 6.27. The van der Waals surface area contributed by atoms with Crippen LogP contribution < -0.4 is 5.32 Å². The largest absolute Gasteiger partial charge is 0.381 e. The smallest absolute Gasteiger partial charge is 0.209 e. The number of nitrogens with zero attached hydrogens (tertiary/aromatic N) is 4. The summed E-state index contributed by atoms with van der Waals surface area (Å²) in [6.45, 7) is 3.63. The molecule has 0 amide bonds. The predicted molar refractivity (Wildman–Crippen MR) is 73.1 cm³/mol. The van der Waals surface area contributed by atoms with E-state index in [4.69, 9.17) is 4.74 Å². The molecule has 2 aliphatic rings. The van der Waals surface area contributed by atoms with Crippen molar-refractivity contribution in [3.8, 4) is 0 Å². The summed E-state index contributed by atoms with van der Waals surface area (Å²) in [6, 6.07) is 0.745. The Balaban J connectivity index is 1.42. The molecule has 0 spiro atoms. The van der Waals surface area contributed by atoms with Crippen molar-refractivity contribution in [2.75, 3.05) is 25.5 Å². The summed E-state index contributed by atoms with van der Waals surface area (Å²) in [5, 5.41) is 16.4. The molecule has 0 unspecified atom stereocenters. The van der Waals surface area contributed by atoms with E-state index in [2.05, 4.69) is 20.8 Å². The molecule has 0 aromatic carbocycles. The van der Waals surface area contributed by atoms with E-state index in [1.807, 2.05) is 4.68 Å². The van der Waals surface area contributed by atoms with E-state index in [9.17, 15) is 0 Å². The van der Waals surface area contributed by atoms with Gasteiger partial charge >= 0.3 is 0 Å². The van der Waals surface area contributed by atoms with Crippen molar-refractivity contribution in [2.45, 2.75) is 43.4 Å². The van der Waals surface area contributed by atoms with Crippen LogP contribution in [-0.4, -0.2) is 51.8 Å². The SMILES string of the molecule is C(Cn1nnnc1SCC1CCOCC1)NC1CC1. The fraction of sp³-hybridized carbons (Fsp3) is 0.917. The number of hydrogen-bond donors (Lipinski definition) is 1. The third-order valence-electron chi connectivity index (χ3n) is 3.62. The van der Waals surface area contributed by atoms with E-state index in [1.165, 1.54) is 12.8 Å². The fourth-order valence-electron chi connectivity index (χ4n) is 2.21. The second kappa shape index (κ2) is 6.67. The number of hydrogen-bond acceptors (Lipinski definition) is 6. The number of aromatic nitrogens is 4. The summed E-state index contributed by atoms with van der Waals surface area (Å²) in [5.74, 6) is 1.84. The average molecular weight is 283 g/mol. The molecular weight excluding hydrogens is 262 g/mol. The zero-order chi connectivity index (χ0) is 12.9. The van der Waals surface area contributed by atoms with Gasteiger partial charge in [0.15, 0.2) is 0 Å². The number of ether oxygens (including phenoxy) is 1. The van der Waals surface area contributed by atoms with Gasteiger partial charge in [0.05, 0.1) is 6.54 Å². The highest BCUT2D eigenvalue weighted by molar-refractivity contribution is 7.99. The molecule has 2 fully saturated rings. The third kappa shape index (κ3) is 4.15. The monoisotopic (exact) mass is 283 g/mol. The van der Waals surface area contributed by atoms with E-state index < -0.39 is 0 Å². The molecule has 1 aliphatic heterocycles. The standard InChI is InChI=1S/C12H21N5OS/c1-2-11(1)13-5-6-17-12(14-15-16-17)19-9-10-3-7-18-8-4-10/h10-11,13H,1-9H2. The lowest BCUT2D eigenvalue weighted by atomic mass is 10.0.